The van der Waals surface area contributed by atoms with Crippen molar-refractivity contribution in [3.8, 4) is 0 Å². The molecule has 2 rings (SSSR count). The van der Waals surface area contributed by atoms with E-state index in [9.17, 15) is 14.9 Å². The van der Waals surface area contributed by atoms with E-state index in [0.29, 0.717) is 5.69 Å². The molecule has 6 nitrogen and oxygen atoms in total. The molecule has 2 aromatic rings. The summed E-state index contributed by atoms with van der Waals surface area (Å²) in [6.45, 7) is 1.87. The number of hydrogen-bond acceptors (Lipinski definition) is 4. The number of nitrogens with one attached hydrogen (secondary N) is 2. The zero-order valence-electron chi connectivity index (χ0n) is 13.0. The second-order valence-corrected chi connectivity index (χ2v) is 7.58. The van der Waals surface area contributed by atoms with E-state index < -0.39 is 20.8 Å². The topological polar surface area (TPSA) is 84.3 Å². The van der Waals surface area contributed by atoms with Crippen molar-refractivity contribution < 1.29 is 9.72 Å². The zero-order chi connectivity index (χ0) is 18.6. The molecule has 9 heteroatoms. The minimum atomic E-state index is -1.82. The number of benzene rings is 2. The number of hydrogen-bond donors (Lipinski definition) is 2. The predicted octanol–water partition coefficient (Wildman–Crippen LogP) is 4.44. The summed E-state index contributed by atoms with van der Waals surface area (Å²) in [5.41, 5.74) is 1.69. The van der Waals surface area contributed by atoms with Gasteiger partial charge in [0.05, 0.1) is 4.92 Å². The molecule has 0 aromatic heterocycles. The Bertz CT molecular complexity index is 776. The van der Waals surface area contributed by atoms with E-state index in [1.54, 1.807) is 6.07 Å². The molecule has 0 aliphatic carbocycles. The molecule has 0 saturated carbocycles. The molecule has 0 spiro atoms. The summed E-state index contributed by atoms with van der Waals surface area (Å²) >= 11 is 17.9. The lowest BCUT2D eigenvalue weighted by Crippen LogP contribution is -2.49. The van der Waals surface area contributed by atoms with Crippen molar-refractivity contribution in [2.24, 2.45) is 0 Å². The highest BCUT2D eigenvalue weighted by Gasteiger charge is 2.34. The van der Waals surface area contributed by atoms with Gasteiger partial charge in [0.1, 0.15) is 6.17 Å². The molecule has 1 atom stereocenters. The molecule has 132 valence electrons. The molecule has 0 heterocycles. The summed E-state index contributed by atoms with van der Waals surface area (Å²) in [7, 11) is 0. The number of para-hydroxylation sites is 1. The van der Waals surface area contributed by atoms with Gasteiger partial charge in [-0.2, -0.15) is 0 Å². The minimum Gasteiger partial charge on any atom is -0.362 e. The van der Waals surface area contributed by atoms with Crippen LogP contribution in [0.4, 0.5) is 11.4 Å². The smallest absolute Gasteiger partial charge is 0.269 e. The van der Waals surface area contributed by atoms with E-state index >= 15 is 0 Å². The summed E-state index contributed by atoms with van der Waals surface area (Å²) in [5.74, 6) is -0.535. The minimum absolute atomic E-state index is 0.118. The lowest BCUT2D eigenvalue weighted by Gasteiger charge is -2.28. The highest BCUT2D eigenvalue weighted by Crippen LogP contribution is 2.32. The number of aryl methyl sites for hydroxylation is 1. The molecule has 2 aromatic carbocycles. The zero-order valence-corrected chi connectivity index (χ0v) is 15.3. The molecule has 0 aliphatic heterocycles. The van der Waals surface area contributed by atoms with Crippen molar-refractivity contribution in [2.75, 3.05) is 5.32 Å². The number of halogens is 3. The van der Waals surface area contributed by atoms with Crippen LogP contribution in [-0.2, 0) is 0 Å². The molecular formula is C16H14Cl3N3O3. The van der Waals surface area contributed by atoms with Crippen LogP contribution >= 0.6 is 34.8 Å². The van der Waals surface area contributed by atoms with Gasteiger partial charge in [0, 0.05) is 23.4 Å². The second kappa shape index (κ2) is 7.91. The van der Waals surface area contributed by atoms with Gasteiger partial charge in [-0.15, -0.1) is 0 Å². The maximum Gasteiger partial charge on any atom is 0.269 e. The van der Waals surface area contributed by atoms with Crippen LogP contribution < -0.4 is 10.6 Å². The number of rotatable bonds is 5. The molecule has 0 fully saturated rings. The fourth-order valence-electron chi connectivity index (χ4n) is 2.04. The van der Waals surface area contributed by atoms with Gasteiger partial charge >= 0.3 is 0 Å². The average molecular weight is 403 g/mol. The van der Waals surface area contributed by atoms with Crippen molar-refractivity contribution in [1.29, 1.82) is 0 Å². The molecule has 0 unspecified atom stereocenters. The maximum atomic E-state index is 12.4. The molecule has 0 bridgehead atoms. The Kier molecular flexibility index (Phi) is 6.11. The van der Waals surface area contributed by atoms with Crippen LogP contribution in [0.15, 0.2) is 48.5 Å². The van der Waals surface area contributed by atoms with Gasteiger partial charge in [-0.05, 0) is 30.7 Å². The van der Waals surface area contributed by atoms with Crippen LogP contribution in [0, 0.1) is 17.0 Å². The van der Waals surface area contributed by atoms with E-state index in [2.05, 4.69) is 10.6 Å². The standard InChI is InChI=1S/C16H14Cl3N3O3/c1-10-4-2-3-5-13(10)20-15(16(17,18)19)21-14(23)11-6-8-12(9-7-11)22(24)25/h2-9,15,20H,1H3,(H,21,23)/t15-/m0/s1. The van der Waals surface area contributed by atoms with Gasteiger partial charge in [-0.3, -0.25) is 14.9 Å². The van der Waals surface area contributed by atoms with Crippen molar-refractivity contribution in [3.63, 3.8) is 0 Å². The lowest BCUT2D eigenvalue weighted by atomic mass is 10.2. The summed E-state index contributed by atoms with van der Waals surface area (Å²) in [4.78, 5) is 22.5. The van der Waals surface area contributed by atoms with Gasteiger partial charge in [0.25, 0.3) is 11.6 Å². The normalized spacial score (nSPS) is 12.3. The summed E-state index contributed by atoms with van der Waals surface area (Å²) < 4.78 is -1.82. The average Bonchev–Trinajstić information content (AvgIpc) is 2.55. The molecular weight excluding hydrogens is 389 g/mol. The van der Waals surface area contributed by atoms with Gasteiger partial charge in [0.2, 0.25) is 3.79 Å². The first-order chi connectivity index (χ1) is 11.7. The monoisotopic (exact) mass is 401 g/mol. The Hall–Kier alpha value is -2.02. The third-order valence-electron chi connectivity index (χ3n) is 3.39. The van der Waals surface area contributed by atoms with E-state index in [-0.39, 0.29) is 11.3 Å². The Morgan fingerprint density at radius 2 is 1.72 bits per heavy atom. The Morgan fingerprint density at radius 3 is 2.24 bits per heavy atom. The SMILES string of the molecule is Cc1ccccc1N[C@@H](NC(=O)c1ccc([N+](=O)[O-])cc1)C(Cl)(Cl)Cl. The van der Waals surface area contributed by atoms with E-state index in [1.807, 2.05) is 25.1 Å². The largest absolute Gasteiger partial charge is 0.362 e. The van der Waals surface area contributed by atoms with E-state index in [4.69, 9.17) is 34.8 Å². The van der Waals surface area contributed by atoms with Gasteiger partial charge in [-0.1, -0.05) is 53.0 Å². The predicted molar refractivity (Wildman–Crippen MR) is 99.4 cm³/mol. The number of carbonyl (C=O) groups is 1. The highest BCUT2D eigenvalue weighted by molar-refractivity contribution is 6.68. The van der Waals surface area contributed by atoms with Crippen LogP contribution in [0.5, 0.6) is 0 Å². The van der Waals surface area contributed by atoms with E-state index in [1.165, 1.54) is 24.3 Å². The van der Waals surface area contributed by atoms with E-state index in [0.717, 1.165) is 5.56 Å². The third-order valence-corrected chi connectivity index (χ3v) is 4.04. The fourth-order valence-corrected chi connectivity index (χ4v) is 2.37. The van der Waals surface area contributed by atoms with Crippen molar-refractivity contribution in [1.82, 2.24) is 5.32 Å². The van der Waals surface area contributed by atoms with Crippen LogP contribution in [-0.4, -0.2) is 20.8 Å². The Labute approximate surface area is 159 Å². The molecule has 25 heavy (non-hydrogen) atoms. The van der Waals surface area contributed by atoms with Crippen LogP contribution in [0.25, 0.3) is 0 Å². The Morgan fingerprint density at radius 1 is 1.12 bits per heavy atom. The number of nitro groups is 1. The number of nitrogens with zero attached hydrogens (tertiary/aromatic N) is 1. The summed E-state index contributed by atoms with van der Waals surface area (Å²) in [6, 6.07) is 12.4. The second-order valence-electron chi connectivity index (χ2n) is 5.21. The summed E-state index contributed by atoms with van der Waals surface area (Å²) in [6.07, 6.45) is -1.01. The molecule has 2 N–H and O–H groups in total. The van der Waals surface area contributed by atoms with Gasteiger partial charge < -0.3 is 10.6 Å². The van der Waals surface area contributed by atoms with Crippen LogP contribution in [0.3, 0.4) is 0 Å². The number of amides is 1. The quantitative estimate of drug-likeness (QED) is 0.335. The molecule has 1 amide bonds. The fraction of sp³-hybridized carbons (Fsp3) is 0.188. The number of non-ortho nitro benzene ring substituents is 1. The maximum absolute atomic E-state index is 12.4. The number of anilines is 1. The van der Waals surface area contributed by atoms with Crippen LogP contribution in [0.2, 0.25) is 0 Å². The Balaban J connectivity index is 2.18. The van der Waals surface area contributed by atoms with Crippen LogP contribution in [0.1, 0.15) is 15.9 Å². The third kappa shape index (κ3) is 5.22. The number of carbonyl (C=O) groups excluding carboxylic acids is 1. The van der Waals surface area contributed by atoms with Crippen molar-refractivity contribution >= 4 is 52.1 Å². The first-order valence-corrected chi connectivity index (χ1v) is 8.26. The first-order valence-electron chi connectivity index (χ1n) is 7.12. The molecule has 0 saturated heterocycles. The molecule has 0 aliphatic rings. The van der Waals surface area contributed by atoms with Gasteiger partial charge in [0.15, 0.2) is 0 Å². The van der Waals surface area contributed by atoms with Crippen molar-refractivity contribution in [2.45, 2.75) is 16.9 Å². The first kappa shape index (κ1) is 19.3. The van der Waals surface area contributed by atoms with Gasteiger partial charge in [-0.25, -0.2) is 0 Å². The number of nitro benzene ring substituents is 1. The molecule has 0 radical (unpaired) electrons. The lowest BCUT2D eigenvalue weighted by molar-refractivity contribution is -0.384. The number of alkyl halides is 3. The summed E-state index contributed by atoms with van der Waals surface area (Å²) in [5, 5.41) is 16.2. The van der Waals surface area contributed by atoms with Crippen molar-refractivity contribution in [3.05, 3.63) is 69.8 Å². The highest BCUT2D eigenvalue weighted by atomic mass is 35.6.